The Morgan fingerprint density at radius 2 is 1.56 bits per heavy atom. The van der Waals surface area contributed by atoms with Crippen molar-refractivity contribution in [3.63, 3.8) is 0 Å². The van der Waals surface area contributed by atoms with Crippen molar-refractivity contribution in [2.24, 2.45) is 11.8 Å². The quantitative estimate of drug-likeness (QED) is 0.463. The average molecular weight is 485 g/mol. The molecule has 9 heteroatoms. The van der Waals surface area contributed by atoms with Gasteiger partial charge in [-0.3, -0.25) is 10.1 Å². The van der Waals surface area contributed by atoms with Gasteiger partial charge in [-0.25, -0.2) is 8.42 Å². The van der Waals surface area contributed by atoms with E-state index in [1.165, 1.54) is 28.6 Å². The number of carbonyl (C=O) groups excluding carboxylic acids is 1. The summed E-state index contributed by atoms with van der Waals surface area (Å²) in [5.41, 5.74) is 3.29. The minimum atomic E-state index is -3.67. The molecule has 0 aliphatic heterocycles. The number of aromatic nitrogens is 2. The Balaban J connectivity index is 1.74. The van der Waals surface area contributed by atoms with Crippen molar-refractivity contribution in [3.05, 3.63) is 59.2 Å². The number of benzene rings is 2. The SMILES string of the molecule is Cc1ccc(-c2nnc(NC(=O)c3ccc(S(=O)(=O)N(CC(C)C)CC(C)C)cc3)o2)cc1C. The third-order valence-electron chi connectivity index (χ3n) is 5.29. The molecule has 34 heavy (non-hydrogen) atoms. The highest BCUT2D eigenvalue weighted by Gasteiger charge is 2.26. The van der Waals surface area contributed by atoms with Gasteiger partial charge in [0.15, 0.2) is 0 Å². The lowest BCUT2D eigenvalue weighted by atomic mass is 10.1. The Morgan fingerprint density at radius 1 is 0.941 bits per heavy atom. The van der Waals surface area contributed by atoms with Crippen LogP contribution in [0.1, 0.15) is 49.2 Å². The monoisotopic (exact) mass is 484 g/mol. The maximum Gasteiger partial charge on any atom is 0.322 e. The highest BCUT2D eigenvalue weighted by molar-refractivity contribution is 7.89. The van der Waals surface area contributed by atoms with Crippen molar-refractivity contribution >= 4 is 21.9 Å². The first kappa shape index (κ1) is 25.6. The van der Waals surface area contributed by atoms with E-state index < -0.39 is 15.9 Å². The van der Waals surface area contributed by atoms with Crippen molar-refractivity contribution in [2.75, 3.05) is 18.4 Å². The second-order valence-corrected chi connectivity index (χ2v) is 11.2. The molecule has 3 rings (SSSR count). The topological polar surface area (TPSA) is 105 Å². The van der Waals surface area contributed by atoms with Crippen molar-refractivity contribution < 1.29 is 17.6 Å². The van der Waals surface area contributed by atoms with Crippen LogP contribution in [0, 0.1) is 25.7 Å². The number of carbonyl (C=O) groups is 1. The molecule has 1 heterocycles. The van der Waals surface area contributed by atoms with Gasteiger partial charge in [-0.1, -0.05) is 38.9 Å². The van der Waals surface area contributed by atoms with Crippen LogP contribution in [0.25, 0.3) is 11.5 Å². The first-order chi connectivity index (χ1) is 16.0. The minimum absolute atomic E-state index is 0.0324. The standard InChI is InChI=1S/C25H32N4O4S/c1-16(2)14-29(15-17(3)4)34(31,32)22-11-9-20(10-12-22)23(30)26-25-28-27-24(33-25)21-8-7-18(5)19(6)13-21/h7-13,16-17H,14-15H2,1-6H3,(H,26,28,30). The number of sulfonamides is 1. The van der Waals surface area contributed by atoms with Crippen molar-refractivity contribution in [1.82, 2.24) is 14.5 Å². The summed E-state index contributed by atoms with van der Waals surface area (Å²) in [5.74, 6) is 0.221. The van der Waals surface area contributed by atoms with Crippen LogP contribution in [-0.2, 0) is 10.0 Å². The second kappa shape index (κ2) is 10.5. The van der Waals surface area contributed by atoms with Gasteiger partial charge in [-0.2, -0.15) is 4.31 Å². The highest BCUT2D eigenvalue weighted by Crippen LogP contribution is 2.23. The molecule has 1 amide bonds. The van der Waals surface area contributed by atoms with Crippen LogP contribution >= 0.6 is 0 Å². The van der Waals surface area contributed by atoms with Crippen molar-refractivity contribution in [3.8, 4) is 11.5 Å². The summed E-state index contributed by atoms with van der Waals surface area (Å²) >= 11 is 0. The molecule has 0 radical (unpaired) electrons. The fraction of sp³-hybridized carbons (Fsp3) is 0.400. The molecule has 182 valence electrons. The van der Waals surface area contributed by atoms with Gasteiger partial charge in [0.05, 0.1) is 4.90 Å². The van der Waals surface area contributed by atoms with E-state index in [2.05, 4.69) is 15.5 Å². The Morgan fingerprint density at radius 3 is 2.12 bits per heavy atom. The Kier molecular flexibility index (Phi) is 7.89. The summed E-state index contributed by atoms with van der Waals surface area (Å²) in [5, 5.41) is 10.5. The molecule has 0 aliphatic carbocycles. The van der Waals surface area contributed by atoms with Crippen LogP contribution in [0.4, 0.5) is 6.01 Å². The van der Waals surface area contributed by atoms with Crippen LogP contribution in [0.15, 0.2) is 51.8 Å². The lowest BCUT2D eigenvalue weighted by molar-refractivity contribution is 0.102. The van der Waals surface area contributed by atoms with Crippen LogP contribution in [0.3, 0.4) is 0 Å². The van der Waals surface area contributed by atoms with Gasteiger partial charge < -0.3 is 4.42 Å². The number of rotatable bonds is 9. The van der Waals surface area contributed by atoms with E-state index in [-0.39, 0.29) is 28.3 Å². The molecule has 0 fully saturated rings. The van der Waals surface area contributed by atoms with Gasteiger partial charge in [0.25, 0.3) is 5.91 Å². The number of hydrogen-bond donors (Lipinski definition) is 1. The maximum absolute atomic E-state index is 13.2. The number of aryl methyl sites for hydroxylation is 2. The molecule has 0 atom stereocenters. The molecule has 0 aliphatic rings. The van der Waals surface area contributed by atoms with E-state index >= 15 is 0 Å². The third kappa shape index (κ3) is 6.09. The molecule has 0 bridgehead atoms. The predicted molar refractivity (Wildman–Crippen MR) is 132 cm³/mol. The van der Waals surface area contributed by atoms with Crippen LogP contribution in [0.5, 0.6) is 0 Å². The third-order valence-corrected chi connectivity index (χ3v) is 7.14. The van der Waals surface area contributed by atoms with E-state index in [0.29, 0.717) is 19.0 Å². The first-order valence-electron chi connectivity index (χ1n) is 11.3. The van der Waals surface area contributed by atoms with Crippen LogP contribution in [-0.4, -0.2) is 41.9 Å². The molecule has 3 aromatic rings. The zero-order chi connectivity index (χ0) is 25.0. The maximum atomic E-state index is 13.2. The van der Waals surface area contributed by atoms with Gasteiger partial charge in [0.1, 0.15) is 0 Å². The summed E-state index contributed by atoms with van der Waals surface area (Å²) in [4.78, 5) is 12.8. The van der Waals surface area contributed by atoms with E-state index in [0.717, 1.165) is 16.7 Å². The summed E-state index contributed by atoms with van der Waals surface area (Å²) in [6, 6.07) is 11.6. The summed E-state index contributed by atoms with van der Waals surface area (Å²) in [6.07, 6.45) is 0. The van der Waals surface area contributed by atoms with E-state index in [1.807, 2.05) is 59.7 Å². The molecule has 1 N–H and O–H groups in total. The van der Waals surface area contributed by atoms with Crippen LogP contribution in [0.2, 0.25) is 0 Å². The smallest absolute Gasteiger partial charge is 0.322 e. The lowest BCUT2D eigenvalue weighted by Crippen LogP contribution is -2.37. The van der Waals surface area contributed by atoms with Gasteiger partial charge in [0, 0.05) is 24.2 Å². The normalized spacial score (nSPS) is 12.0. The van der Waals surface area contributed by atoms with Gasteiger partial charge >= 0.3 is 6.01 Å². The summed E-state index contributed by atoms with van der Waals surface area (Å²) in [6.45, 7) is 12.8. The van der Waals surface area contributed by atoms with Crippen molar-refractivity contribution in [1.29, 1.82) is 0 Å². The molecule has 2 aromatic carbocycles. The highest BCUT2D eigenvalue weighted by atomic mass is 32.2. The van der Waals surface area contributed by atoms with Gasteiger partial charge in [0.2, 0.25) is 15.9 Å². The first-order valence-corrected chi connectivity index (χ1v) is 12.7. The Labute approximate surface area is 201 Å². The number of nitrogens with one attached hydrogen (secondary N) is 1. The van der Waals surface area contributed by atoms with Gasteiger partial charge in [-0.05, 0) is 73.2 Å². The van der Waals surface area contributed by atoms with Crippen LogP contribution < -0.4 is 5.32 Å². The molecule has 0 saturated carbocycles. The number of anilines is 1. The van der Waals surface area contributed by atoms with E-state index in [1.54, 1.807) is 0 Å². The summed E-state index contributed by atoms with van der Waals surface area (Å²) in [7, 11) is -3.67. The zero-order valence-electron chi connectivity index (χ0n) is 20.5. The van der Waals surface area contributed by atoms with E-state index in [9.17, 15) is 13.2 Å². The number of amides is 1. The lowest BCUT2D eigenvalue weighted by Gasteiger charge is -2.25. The molecule has 1 aromatic heterocycles. The molecular weight excluding hydrogens is 452 g/mol. The average Bonchev–Trinajstić information content (AvgIpc) is 3.23. The largest absolute Gasteiger partial charge is 0.403 e. The molecular formula is C25H32N4O4S. The second-order valence-electron chi connectivity index (χ2n) is 9.30. The predicted octanol–water partition coefficient (Wildman–Crippen LogP) is 4.91. The molecule has 0 saturated heterocycles. The van der Waals surface area contributed by atoms with Gasteiger partial charge in [-0.15, -0.1) is 5.10 Å². The van der Waals surface area contributed by atoms with Crippen molar-refractivity contribution in [2.45, 2.75) is 46.4 Å². The Hall–Kier alpha value is -3.04. The molecule has 0 spiro atoms. The summed E-state index contributed by atoms with van der Waals surface area (Å²) < 4.78 is 33.4. The van der Waals surface area contributed by atoms with E-state index in [4.69, 9.17) is 4.42 Å². The number of nitrogens with zero attached hydrogens (tertiary/aromatic N) is 3. The zero-order valence-corrected chi connectivity index (χ0v) is 21.3. The molecule has 8 nitrogen and oxygen atoms in total. The Bertz CT molecular complexity index is 1240. The molecule has 0 unspecified atom stereocenters. The number of hydrogen-bond acceptors (Lipinski definition) is 6. The fourth-order valence-corrected chi connectivity index (χ4v) is 5.21. The minimum Gasteiger partial charge on any atom is -0.403 e. The fourth-order valence-electron chi connectivity index (χ4n) is 3.45.